The highest BCUT2D eigenvalue weighted by atomic mass is 32.1. The van der Waals surface area contributed by atoms with Crippen molar-refractivity contribution < 1.29 is 4.79 Å². The average molecular weight is 398 g/mol. The number of aromatic amines is 1. The van der Waals surface area contributed by atoms with Crippen LogP contribution in [0.3, 0.4) is 0 Å². The summed E-state index contributed by atoms with van der Waals surface area (Å²) in [6, 6.07) is 3.93. The molecule has 0 radical (unpaired) electrons. The summed E-state index contributed by atoms with van der Waals surface area (Å²) in [5.41, 5.74) is 2.65. The second kappa shape index (κ2) is 8.15. The van der Waals surface area contributed by atoms with E-state index in [1.165, 1.54) is 11.3 Å². The molecule has 0 unspecified atom stereocenters. The molecule has 9 heteroatoms. The summed E-state index contributed by atoms with van der Waals surface area (Å²) in [4.78, 5) is 21.8. The first kappa shape index (κ1) is 18.7. The van der Waals surface area contributed by atoms with Gasteiger partial charge >= 0.3 is 0 Å². The topological polar surface area (TPSA) is 90.9 Å². The Labute approximate surface area is 167 Å². The standard InChI is InChI=1S/C19H23N7OS/c1-3-26-9-6-13(7-10-26)25(2)19(27)16-12-28-18(22-16)14-11-21-24-17(14)15-5-4-8-20-23-15/h4-5,8,11-13H,3,6-7,9-10H2,1-2H3,(H,21,24). The molecule has 1 fully saturated rings. The molecule has 0 aromatic carbocycles. The Balaban J connectivity index is 1.51. The molecule has 1 amide bonds. The van der Waals surface area contributed by atoms with Gasteiger partial charge in [0, 0.05) is 44.0 Å². The summed E-state index contributed by atoms with van der Waals surface area (Å²) in [6.07, 6.45) is 5.41. The zero-order valence-corrected chi connectivity index (χ0v) is 16.8. The van der Waals surface area contributed by atoms with Gasteiger partial charge in [0.15, 0.2) is 0 Å². The smallest absolute Gasteiger partial charge is 0.273 e. The molecule has 1 aliphatic rings. The number of rotatable bonds is 5. The number of thiazole rings is 1. The van der Waals surface area contributed by atoms with Crippen LogP contribution < -0.4 is 0 Å². The quantitative estimate of drug-likeness (QED) is 0.711. The highest BCUT2D eigenvalue weighted by Gasteiger charge is 2.27. The van der Waals surface area contributed by atoms with Crippen LogP contribution in [0.25, 0.3) is 22.0 Å². The summed E-state index contributed by atoms with van der Waals surface area (Å²) in [6.45, 7) is 5.32. The zero-order chi connectivity index (χ0) is 19.5. The molecule has 0 spiro atoms. The van der Waals surface area contributed by atoms with Crippen molar-refractivity contribution >= 4 is 17.2 Å². The third-order valence-electron chi connectivity index (χ3n) is 5.28. The fraction of sp³-hybridized carbons (Fsp3) is 0.421. The molecular formula is C19H23N7OS. The highest BCUT2D eigenvalue weighted by molar-refractivity contribution is 7.13. The average Bonchev–Trinajstić information content (AvgIpc) is 3.43. The lowest BCUT2D eigenvalue weighted by molar-refractivity contribution is 0.0642. The van der Waals surface area contributed by atoms with Crippen LogP contribution in [0.2, 0.25) is 0 Å². The molecule has 3 aromatic heterocycles. The van der Waals surface area contributed by atoms with Crippen LogP contribution in [0.5, 0.6) is 0 Å². The third kappa shape index (κ3) is 3.67. The van der Waals surface area contributed by atoms with Crippen molar-refractivity contribution in [3.8, 4) is 22.0 Å². The van der Waals surface area contributed by atoms with Crippen molar-refractivity contribution in [3.05, 3.63) is 35.6 Å². The molecule has 1 saturated heterocycles. The molecule has 8 nitrogen and oxygen atoms in total. The molecular weight excluding hydrogens is 374 g/mol. The number of carbonyl (C=O) groups excluding carboxylic acids is 1. The van der Waals surface area contributed by atoms with E-state index < -0.39 is 0 Å². The molecule has 0 atom stereocenters. The number of aromatic nitrogens is 5. The lowest BCUT2D eigenvalue weighted by atomic mass is 10.0. The fourth-order valence-corrected chi connectivity index (χ4v) is 4.35. The van der Waals surface area contributed by atoms with Crippen LogP contribution in [-0.4, -0.2) is 73.8 Å². The molecule has 28 heavy (non-hydrogen) atoms. The largest absolute Gasteiger partial charge is 0.337 e. The molecule has 0 bridgehead atoms. The summed E-state index contributed by atoms with van der Waals surface area (Å²) < 4.78 is 0. The lowest BCUT2D eigenvalue weighted by Crippen LogP contribution is -2.45. The van der Waals surface area contributed by atoms with E-state index in [1.807, 2.05) is 29.5 Å². The Kier molecular flexibility index (Phi) is 5.45. The molecule has 0 saturated carbocycles. The van der Waals surface area contributed by atoms with Gasteiger partial charge in [-0.3, -0.25) is 9.89 Å². The number of piperidine rings is 1. The van der Waals surface area contributed by atoms with Gasteiger partial charge in [-0.1, -0.05) is 6.92 Å². The van der Waals surface area contributed by atoms with Gasteiger partial charge in [0.05, 0.1) is 5.56 Å². The minimum absolute atomic E-state index is 0.0259. The molecule has 1 aliphatic heterocycles. The number of nitrogens with one attached hydrogen (secondary N) is 1. The lowest BCUT2D eigenvalue weighted by Gasteiger charge is -2.36. The van der Waals surface area contributed by atoms with Crippen molar-refractivity contribution in [3.63, 3.8) is 0 Å². The first-order valence-corrected chi connectivity index (χ1v) is 10.3. The van der Waals surface area contributed by atoms with Gasteiger partial charge in [0.2, 0.25) is 0 Å². The van der Waals surface area contributed by atoms with Crippen molar-refractivity contribution in [2.45, 2.75) is 25.8 Å². The Morgan fingerprint density at radius 2 is 2.21 bits per heavy atom. The summed E-state index contributed by atoms with van der Waals surface area (Å²) >= 11 is 1.44. The van der Waals surface area contributed by atoms with E-state index >= 15 is 0 Å². The Morgan fingerprint density at radius 1 is 1.39 bits per heavy atom. The Morgan fingerprint density at radius 3 is 2.93 bits per heavy atom. The second-order valence-corrected chi connectivity index (χ2v) is 7.73. The predicted molar refractivity (Wildman–Crippen MR) is 108 cm³/mol. The molecule has 4 heterocycles. The van der Waals surface area contributed by atoms with Gasteiger partial charge in [-0.15, -0.1) is 16.4 Å². The molecule has 4 rings (SSSR count). The number of H-pyrrole nitrogens is 1. The maximum Gasteiger partial charge on any atom is 0.273 e. The van der Waals surface area contributed by atoms with E-state index in [4.69, 9.17) is 0 Å². The zero-order valence-electron chi connectivity index (χ0n) is 16.0. The van der Waals surface area contributed by atoms with Gasteiger partial charge in [0.1, 0.15) is 22.1 Å². The van der Waals surface area contributed by atoms with E-state index in [0.29, 0.717) is 17.1 Å². The summed E-state index contributed by atoms with van der Waals surface area (Å²) in [7, 11) is 1.89. The SMILES string of the molecule is CCN1CCC(N(C)C(=O)c2csc(-c3c[nH]nc3-c3cccnn3)n2)CC1. The van der Waals surface area contributed by atoms with Crippen LogP contribution >= 0.6 is 11.3 Å². The second-order valence-electron chi connectivity index (χ2n) is 6.88. The van der Waals surface area contributed by atoms with Gasteiger partial charge in [-0.05, 0) is 31.5 Å². The Hall–Kier alpha value is -2.65. The van der Waals surface area contributed by atoms with Crippen LogP contribution in [-0.2, 0) is 0 Å². The number of likely N-dealkylation sites (tertiary alicyclic amines) is 1. The Bertz CT molecular complexity index is 931. The summed E-state index contributed by atoms with van der Waals surface area (Å²) in [5.74, 6) is -0.0259. The minimum atomic E-state index is -0.0259. The minimum Gasteiger partial charge on any atom is -0.337 e. The van der Waals surface area contributed by atoms with Gasteiger partial charge in [-0.25, -0.2) is 4.98 Å². The molecule has 1 N–H and O–H groups in total. The molecule has 146 valence electrons. The maximum atomic E-state index is 12.9. The number of carbonyl (C=O) groups is 1. The van der Waals surface area contributed by atoms with Gasteiger partial charge in [-0.2, -0.15) is 10.2 Å². The van der Waals surface area contributed by atoms with Crippen molar-refractivity contribution in [2.75, 3.05) is 26.7 Å². The van der Waals surface area contributed by atoms with Crippen molar-refractivity contribution in [1.82, 2.24) is 35.2 Å². The number of nitrogens with zero attached hydrogens (tertiary/aromatic N) is 6. The van der Waals surface area contributed by atoms with Gasteiger partial charge in [0.25, 0.3) is 5.91 Å². The summed E-state index contributed by atoms with van der Waals surface area (Å²) in [5, 5.41) is 17.7. The number of hydrogen-bond acceptors (Lipinski definition) is 7. The van der Waals surface area contributed by atoms with Crippen LogP contribution in [0.1, 0.15) is 30.3 Å². The van der Waals surface area contributed by atoms with Crippen molar-refractivity contribution in [2.24, 2.45) is 0 Å². The van der Waals surface area contributed by atoms with Crippen molar-refractivity contribution in [1.29, 1.82) is 0 Å². The molecule has 3 aromatic rings. The van der Waals surface area contributed by atoms with E-state index in [2.05, 4.69) is 37.2 Å². The molecule has 0 aliphatic carbocycles. The first-order chi connectivity index (χ1) is 13.7. The van der Waals surface area contributed by atoms with E-state index in [0.717, 1.165) is 43.0 Å². The maximum absolute atomic E-state index is 12.9. The van der Waals surface area contributed by atoms with Gasteiger partial charge < -0.3 is 9.80 Å². The first-order valence-electron chi connectivity index (χ1n) is 9.44. The third-order valence-corrected chi connectivity index (χ3v) is 6.16. The fourth-order valence-electron chi connectivity index (χ4n) is 3.54. The van der Waals surface area contributed by atoms with E-state index in [-0.39, 0.29) is 11.9 Å². The van der Waals surface area contributed by atoms with Crippen LogP contribution in [0.4, 0.5) is 0 Å². The number of amides is 1. The predicted octanol–water partition coefficient (Wildman–Crippen LogP) is 2.55. The van der Waals surface area contributed by atoms with E-state index in [9.17, 15) is 4.79 Å². The number of hydrogen-bond donors (Lipinski definition) is 1. The van der Waals surface area contributed by atoms with Crippen LogP contribution in [0, 0.1) is 0 Å². The highest BCUT2D eigenvalue weighted by Crippen LogP contribution is 2.31. The normalized spacial score (nSPS) is 15.6. The monoisotopic (exact) mass is 397 g/mol. The van der Waals surface area contributed by atoms with E-state index in [1.54, 1.807) is 12.4 Å². The van der Waals surface area contributed by atoms with Crippen LogP contribution in [0.15, 0.2) is 29.9 Å².